The number of nitrogens with one attached hydrogen (secondary N) is 2. The molecule has 1 aliphatic heterocycles. The van der Waals surface area contributed by atoms with Crippen molar-refractivity contribution in [3.05, 3.63) is 41.9 Å². The van der Waals surface area contributed by atoms with E-state index < -0.39 is 27.3 Å². The lowest BCUT2D eigenvalue weighted by Gasteiger charge is -2.34. The molecule has 2 N–H and O–H groups in total. The third-order valence-corrected chi connectivity index (χ3v) is 8.75. The summed E-state index contributed by atoms with van der Waals surface area (Å²) in [6.45, 7) is 11.7. The first-order chi connectivity index (χ1) is 18.4. The van der Waals surface area contributed by atoms with Crippen LogP contribution in [0.15, 0.2) is 35.5 Å². The van der Waals surface area contributed by atoms with Crippen LogP contribution in [0.5, 0.6) is 5.88 Å². The highest BCUT2D eigenvalue weighted by Gasteiger charge is 2.43. The molecule has 1 atom stereocenters. The normalized spacial score (nSPS) is 17.7. The number of sulfonamides is 1. The number of carbonyl (C=O) groups excluding carboxylic acids is 1. The third-order valence-electron chi connectivity index (χ3n) is 7.30. The summed E-state index contributed by atoms with van der Waals surface area (Å²) in [4.78, 5) is 19.9. The van der Waals surface area contributed by atoms with Crippen LogP contribution in [0.2, 0.25) is 0 Å². The third kappa shape index (κ3) is 5.81. The van der Waals surface area contributed by atoms with E-state index in [0.29, 0.717) is 24.1 Å². The minimum absolute atomic E-state index is 0.0752. The molecule has 0 unspecified atom stereocenters. The van der Waals surface area contributed by atoms with Gasteiger partial charge in [0.05, 0.1) is 16.7 Å². The molecule has 0 aliphatic carbocycles. The van der Waals surface area contributed by atoms with Crippen molar-refractivity contribution in [2.45, 2.75) is 71.2 Å². The summed E-state index contributed by atoms with van der Waals surface area (Å²) >= 11 is 0. The van der Waals surface area contributed by atoms with Crippen LogP contribution in [0, 0.1) is 18.3 Å². The Morgan fingerprint density at radius 3 is 2.52 bits per heavy atom. The standard InChI is InChI=1S/C26H35F2N7O4S/c1-16-12-25(5,6)34(14-16)22-18(23(36)33-40(37,38)19-13-29-31-17(19)2)8-9-20(30-22)35-11-10-21(32-35)39-15-24(3,4)26(7,27)28/h8-11,13,16H,12,14-15H2,1-7H3,(H,29,31)(H,33,36)/t16-/m0/s1. The molecular formula is C26H35F2N7O4S. The predicted molar refractivity (Wildman–Crippen MR) is 144 cm³/mol. The molecule has 14 heteroatoms. The van der Waals surface area contributed by atoms with Crippen molar-refractivity contribution in [1.29, 1.82) is 0 Å². The van der Waals surface area contributed by atoms with E-state index in [4.69, 9.17) is 9.72 Å². The summed E-state index contributed by atoms with van der Waals surface area (Å²) in [5, 5.41) is 10.6. The van der Waals surface area contributed by atoms with Gasteiger partial charge in [-0.05, 0) is 45.2 Å². The van der Waals surface area contributed by atoms with E-state index in [1.807, 2.05) is 18.7 Å². The Bertz CT molecular complexity index is 1510. The van der Waals surface area contributed by atoms with Crippen LogP contribution < -0.4 is 14.4 Å². The molecule has 0 radical (unpaired) electrons. The number of rotatable bonds is 9. The molecular weight excluding hydrogens is 544 g/mol. The van der Waals surface area contributed by atoms with Gasteiger partial charge >= 0.3 is 0 Å². The fourth-order valence-electron chi connectivity index (χ4n) is 4.65. The highest BCUT2D eigenvalue weighted by molar-refractivity contribution is 7.90. The average Bonchev–Trinajstić information content (AvgIpc) is 3.54. The van der Waals surface area contributed by atoms with Gasteiger partial charge in [0.15, 0.2) is 5.82 Å². The number of hydrogen-bond acceptors (Lipinski definition) is 8. The number of aromatic nitrogens is 5. The minimum Gasteiger partial charge on any atom is -0.476 e. The SMILES string of the molecule is Cc1n[nH]cc1S(=O)(=O)NC(=O)c1ccc(-n2ccc(OCC(C)(C)C(C)(F)F)n2)nc1N1C[C@@H](C)CC1(C)C. The van der Waals surface area contributed by atoms with Crippen LogP contribution in [-0.4, -0.2) is 63.9 Å². The van der Waals surface area contributed by atoms with Gasteiger partial charge in [0, 0.05) is 37.5 Å². The molecule has 1 fully saturated rings. The molecule has 11 nitrogen and oxygen atoms in total. The maximum atomic E-state index is 13.9. The topological polar surface area (TPSA) is 135 Å². The molecule has 1 aliphatic rings. The maximum Gasteiger partial charge on any atom is 0.268 e. The molecule has 1 saturated heterocycles. The van der Waals surface area contributed by atoms with Crippen molar-refractivity contribution < 1.29 is 26.7 Å². The summed E-state index contributed by atoms with van der Waals surface area (Å²) in [5.74, 6) is -2.71. The Kier molecular flexibility index (Phi) is 7.45. The summed E-state index contributed by atoms with van der Waals surface area (Å²) in [7, 11) is -4.19. The first kappa shape index (κ1) is 29.4. The van der Waals surface area contributed by atoms with Gasteiger partial charge in [-0.3, -0.25) is 9.89 Å². The highest BCUT2D eigenvalue weighted by atomic mass is 32.2. The lowest BCUT2D eigenvalue weighted by Crippen LogP contribution is -2.41. The van der Waals surface area contributed by atoms with Crippen molar-refractivity contribution in [3.8, 4) is 11.7 Å². The number of anilines is 1. The number of carbonyl (C=O) groups is 1. The minimum atomic E-state index is -4.19. The van der Waals surface area contributed by atoms with E-state index in [-0.39, 0.29) is 34.2 Å². The lowest BCUT2D eigenvalue weighted by molar-refractivity contribution is -0.106. The Balaban J connectivity index is 1.67. The van der Waals surface area contributed by atoms with E-state index in [9.17, 15) is 22.0 Å². The first-order valence-corrected chi connectivity index (χ1v) is 14.3. The van der Waals surface area contributed by atoms with Crippen LogP contribution in [0.3, 0.4) is 0 Å². The number of alkyl halides is 2. The van der Waals surface area contributed by atoms with Crippen LogP contribution in [0.1, 0.15) is 64.0 Å². The Morgan fingerprint density at radius 1 is 1.25 bits per heavy atom. The van der Waals surface area contributed by atoms with E-state index >= 15 is 0 Å². The quantitative estimate of drug-likeness (QED) is 0.387. The summed E-state index contributed by atoms with van der Waals surface area (Å²) in [6, 6.07) is 4.56. The number of amides is 1. The largest absolute Gasteiger partial charge is 0.476 e. The summed E-state index contributed by atoms with van der Waals surface area (Å²) in [5.41, 5.74) is -1.47. The van der Waals surface area contributed by atoms with Gasteiger partial charge in [0.2, 0.25) is 5.88 Å². The number of ether oxygens (including phenoxy) is 1. The molecule has 0 spiro atoms. The summed E-state index contributed by atoms with van der Waals surface area (Å²) < 4.78 is 62.6. The predicted octanol–water partition coefficient (Wildman–Crippen LogP) is 4.10. The Morgan fingerprint density at radius 2 is 1.95 bits per heavy atom. The van der Waals surface area contributed by atoms with Crippen molar-refractivity contribution in [1.82, 2.24) is 29.7 Å². The first-order valence-electron chi connectivity index (χ1n) is 12.8. The monoisotopic (exact) mass is 579 g/mol. The fourth-order valence-corrected chi connectivity index (χ4v) is 5.76. The second-order valence-corrected chi connectivity index (χ2v) is 13.4. The molecule has 0 saturated carbocycles. The number of nitrogens with zero attached hydrogens (tertiary/aromatic N) is 5. The van der Waals surface area contributed by atoms with Gasteiger partial charge in [0.1, 0.15) is 17.3 Å². The zero-order valence-corrected chi connectivity index (χ0v) is 24.4. The zero-order valence-electron chi connectivity index (χ0n) is 23.6. The maximum absolute atomic E-state index is 13.9. The molecule has 0 bridgehead atoms. The number of halogens is 2. The molecule has 4 rings (SSSR count). The van der Waals surface area contributed by atoms with Crippen LogP contribution in [0.4, 0.5) is 14.6 Å². The molecule has 3 aromatic heterocycles. The van der Waals surface area contributed by atoms with Gasteiger partial charge in [-0.15, -0.1) is 5.10 Å². The van der Waals surface area contributed by atoms with Gasteiger partial charge in [-0.1, -0.05) is 20.8 Å². The van der Waals surface area contributed by atoms with E-state index in [1.54, 1.807) is 6.20 Å². The van der Waals surface area contributed by atoms with Crippen molar-refractivity contribution in [2.24, 2.45) is 11.3 Å². The van der Waals surface area contributed by atoms with Gasteiger partial charge in [0.25, 0.3) is 21.9 Å². The van der Waals surface area contributed by atoms with Crippen LogP contribution in [0.25, 0.3) is 5.82 Å². The zero-order chi connectivity index (χ0) is 29.7. The second kappa shape index (κ2) is 10.1. The molecule has 1 amide bonds. The lowest BCUT2D eigenvalue weighted by atomic mass is 9.88. The van der Waals surface area contributed by atoms with Gasteiger partial charge in [-0.25, -0.2) is 31.6 Å². The molecule has 3 aromatic rings. The van der Waals surface area contributed by atoms with E-state index in [2.05, 4.69) is 26.9 Å². The van der Waals surface area contributed by atoms with Crippen molar-refractivity contribution >= 4 is 21.7 Å². The number of H-pyrrole nitrogens is 1. The Hall–Kier alpha value is -3.55. The average molecular weight is 580 g/mol. The summed E-state index contributed by atoms with van der Waals surface area (Å²) in [6.07, 6.45) is 3.62. The number of aryl methyl sites for hydroxylation is 1. The molecule has 40 heavy (non-hydrogen) atoms. The second-order valence-electron chi connectivity index (χ2n) is 11.7. The molecule has 4 heterocycles. The van der Waals surface area contributed by atoms with E-state index in [0.717, 1.165) is 13.3 Å². The smallest absolute Gasteiger partial charge is 0.268 e. The Labute approximate surface area is 232 Å². The van der Waals surface area contributed by atoms with Crippen LogP contribution >= 0.6 is 0 Å². The number of pyridine rings is 1. The van der Waals surface area contributed by atoms with Crippen molar-refractivity contribution in [2.75, 3.05) is 18.1 Å². The fraction of sp³-hybridized carbons (Fsp3) is 0.538. The van der Waals surface area contributed by atoms with Crippen molar-refractivity contribution in [3.63, 3.8) is 0 Å². The van der Waals surface area contributed by atoms with E-state index in [1.165, 1.54) is 49.8 Å². The number of hydrogen-bond donors (Lipinski definition) is 2. The van der Waals surface area contributed by atoms with Crippen LogP contribution in [-0.2, 0) is 10.0 Å². The van der Waals surface area contributed by atoms with Gasteiger partial charge < -0.3 is 9.64 Å². The highest BCUT2D eigenvalue weighted by Crippen LogP contribution is 2.38. The molecule has 218 valence electrons. The van der Waals surface area contributed by atoms with Gasteiger partial charge in [-0.2, -0.15) is 5.10 Å². The number of aromatic amines is 1. The molecule has 0 aromatic carbocycles.